The van der Waals surface area contributed by atoms with Gasteiger partial charge in [-0.25, -0.2) is 4.79 Å². The fourth-order valence-electron chi connectivity index (χ4n) is 2.21. The van der Waals surface area contributed by atoms with Crippen molar-refractivity contribution < 1.29 is 14.7 Å². The number of aryl methyl sites for hydroxylation is 1. The number of amides is 1. The lowest BCUT2D eigenvalue weighted by Gasteiger charge is -2.27. The molecule has 0 spiro atoms. The molecule has 1 amide bonds. The Morgan fingerprint density at radius 3 is 2.60 bits per heavy atom. The number of thioether (sulfide) groups is 1. The van der Waals surface area contributed by atoms with Crippen molar-refractivity contribution in [2.24, 2.45) is 0 Å². The first-order chi connectivity index (χ1) is 9.54. The van der Waals surface area contributed by atoms with Gasteiger partial charge in [0, 0.05) is 12.2 Å². The van der Waals surface area contributed by atoms with Gasteiger partial charge in [0.15, 0.2) is 0 Å². The van der Waals surface area contributed by atoms with Crippen LogP contribution in [0.4, 0.5) is 0 Å². The van der Waals surface area contributed by atoms with E-state index < -0.39 is 12.0 Å². The zero-order chi connectivity index (χ0) is 14.7. The molecule has 4 nitrogen and oxygen atoms in total. The highest BCUT2D eigenvalue weighted by Crippen LogP contribution is 2.41. The van der Waals surface area contributed by atoms with E-state index in [9.17, 15) is 14.7 Å². The second-order valence-electron chi connectivity index (χ2n) is 4.73. The zero-order valence-corrected chi connectivity index (χ0v) is 12.9. The van der Waals surface area contributed by atoms with Gasteiger partial charge in [-0.05, 0) is 18.2 Å². The Bertz CT molecular complexity index is 504. The molecular formula is C14H17NO3S2. The summed E-state index contributed by atoms with van der Waals surface area (Å²) in [5, 5.41) is 9.06. The third-order valence-corrected chi connectivity index (χ3v) is 4.81. The minimum Gasteiger partial charge on any atom is -0.480 e. The molecule has 0 aromatic heterocycles. The molecule has 1 aliphatic heterocycles. The fourth-order valence-corrected chi connectivity index (χ4v) is 3.85. The van der Waals surface area contributed by atoms with Crippen molar-refractivity contribution in [3.63, 3.8) is 0 Å². The number of benzene rings is 1. The molecule has 0 aliphatic carbocycles. The quantitative estimate of drug-likeness (QED) is 0.838. The molecule has 108 valence electrons. The normalized spacial score (nSPS) is 22.0. The largest absolute Gasteiger partial charge is 0.480 e. The summed E-state index contributed by atoms with van der Waals surface area (Å²) in [6.45, 7) is 2.00. The van der Waals surface area contributed by atoms with Crippen LogP contribution in [0.2, 0.25) is 0 Å². The number of carboxylic acid groups (broad SMARTS) is 1. The lowest BCUT2D eigenvalue weighted by molar-refractivity contribution is -0.149. The highest BCUT2D eigenvalue weighted by atomic mass is 32.2. The van der Waals surface area contributed by atoms with E-state index in [2.05, 4.69) is 12.6 Å². The van der Waals surface area contributed by atoms with Crippen LogP contribution in [0.5, 0.6) is 0 Å². The lowest BCUT2D eigenvalue weighted by atomic mass is 10.1. The third-order valence-electron chi connectivity index (χ3n) is 3.26. The average molecular weight is 311 g/mol. The summed E-state index contributed by atoms with van der Waals surface area (Å²) in [6.07, 6.45) is 0.260. The van der Waals surface area contributed by atoms with Gasteiger partial charge in [-0.15, -0.1) is 11.8 Å². The Balaban J connectivity index is 2.29. The lowest BCUT2D eigenvalue weighted by Crippen LogP contribution is -2.43. The number of carbonyl (C=O) groups excluding carboxylic acids is 1. The summed E-state index contributed by atoms with van der Waals surface area (Å²) >= 11 is 5.56. The van der Waals surface area contributed by atoms with Crippen molar-refractivity contribution >= 4 is 36.3 Å². The van der Waals surface area contributed by atoms with Crippen molar-refractivity contribution in [3.05, 3.63) is 35.4 Å². The van der Waals surface area contributed by atoms with Gasteiger partial charge in [-0.2, -0.15) is 12.6 Å². The second-order valence-corrected chi connectivity index (χ2v) is 6.29. The van der Waals surface area contributed by atoms with Gasteiger partial charge in [0.2, 0.25) is 5.91 Å². The molecular weight excluding hydrogens is 294 g/mol. The predicted octanol–water partition coefficient (Wildman–Crippen LogP) is 2.34. The Labute approximate surface area is 128 Å². The fraction of sp³-hybridized carbons (Fsp3) is 0.429. The van der Waals surface area contributed by atoms with Crippen LogP contribution in [0.15, 0.2) is 24.3 Å². The van der Waals surface area contributed by atoms with E-state index in [0.717, 1.165) is 11.1 Å². The molecule has 6 heteroatoms. The Morgan fingerprint density at radius 1 is 1.40 bits per heavy atom. The topological polar surface area (TPSA) is 57.6 Å². The molecule has 1 N–H and O–H groups in total. The van der Waals surface area contributed by atoms with E-state index in [-0.39, 0.29) is 17.7 Å². The summed E-state index contributed by atoms with van der Waals surface area (Å²) in [5.74, 6) is -0.248. The zero-order valence-electron chi connectivity index (χ0n) is 11.2. The number of thiol groups is 1. The highest BCUT2D eigenvalue weighted by molar-refractivity contribution is 7.99. The first-order valence-electron chi connectivity index (χ1n) is 6.37. The van der Waals surface area contributed by atoms with Crippen molar-refractivity contribution in [2.75, 3.05) is 11.5 Å². The Kier molecular flexibility index (Phi) is 4.99. The van der Waals surface area contributed by atoms with Crippen molar-refractivity contribution in [1.29, 1.82) is 0 Å². The number of aliphatic carboxylic acids is 1. The average Bonchev–Trinajstić information content (AvgIpc) is 2.84. The predicted molar refractivity (Wildman–Crippen MR) is 83.1 cm³/mol. The molecule has 1 aliphatic rings. The molecule has 2 rings (SSSR count). The molecule has 0 saturated carbocycles. The van der Waals surface area contributed by atoms with Crippen LogP contribution < -0.4 is 0 Å². The maximum absolute atomic E-state index is 12.2. The number of rotatable bonds is 4. The molecule has 1 aromatic carbocycles. The molecule has 20 heavy (non-hydrogen) atoms. The minimum atomic E-state index is -0.945. The van der Waals surface area contributed by atoms with Crippen molar-refractivity contribution in [1.82, 2.24) is 4.90 Å². The summed E-state index contributed by atoms with van der Waals surface area (Å²) in [7, 11) is 0. The van der Waals surface area contributed by atoms with E-state index in [1.54, 1.807) is 0 Å². The molecule has 1 fully saturated rings. The van der Waals surface area contributed by atoms with Crippen molar-refractivity contribution in [2.45, 2.75) is 24.8 Å². The van der Waals surface area contributed by atoms with Gasteiger partial charge < -0.3 is 10.0 Å². The Hall–Kier alpha value is -1.14. The summed E-state index contributed by atoms with van der Waals surface area (Å²) < 4.78 is 0. The summed E-state index contributed by atoms with van der Waals surface area (Å²) in [5.41, 5.74) is 2.11. The van der Waals surface area contributed by atoms with Gasteiger partial charge in [0.05, 0.1) is 0 Å². The molecule has 0 radical (unpaired) electrons. The summed E-state index contributed by atoms with van der Waals surface area (Å²) in [6, 6.07) is 7.12. The minimum absolute atomic E-state index is 0.150. The number of hydrogen-bond acceptors (Lipinski definition) is 4. The van der Waals surface area contributed by atoms with Gasteiger partial charge in [0.1, 0.15) is 11.4 Å². The van der Waals surface area contributed by atoms with Gasteiger partial charge in [-0.3, -0.25) is 4.79 Å². The maximum atomic E-state index is 12.2. The molecule has 1 aromatic rings. The van der Waals surface area contributed by atoms with E-state index in [0.29, 0.717) is 11.5 Å². The number of carboxylic acids is 1. The van der Waals surface area contributed by atoms with Crippen LogP contribution in [0.3, 0.4) is 0 Å². The van der Waals surface area contributed by atoms with Crippen LogP contribution in [-0.2, 0) is 9.59 Å². The van der Waals surface area contributed by atoms with Crippen LogP contribution in [-0.4, -0.2) is 39.4 Å². The SMILES string of the molecule is Cc1ccc([C@@H]2SC[C@@H](C(=O)O)N2C(=O)CCS)cc1. The van der Waals surface area contributed by atoms with Crippen LogP contribution in [0, 0.1) is 6.92 Å². The first-order valence-corrected chi connectivity index (χ1v) is 8.05. The van der Waals surface area contributed by atoms with Gasteiger partial charge >= 0.3 is 5.97 Å². The second kappa shape index (κ2) is 6.54. The number of carbonyl (C=O) groups is 2. The Morgan fingerprint density at radius 2 is 2.05 bits per heavy atom. The first kappa shape index (κ1) is 15.3. The van der Waals surface area contributed by atoms with E-state index in [1.165, 1.54) is 16.7 Å². The van der Waals surface area contributed by atoms with E-state index in [1.807, 2.05) is 31.2 Å². The number of hydrogen-bond donors (Lipinski definition) is 2. The van der Waals surface area contributed by atoms with Crippen LogP contribution in [0.25, 0.3) is 0 Å². The standard InChI is InChI=1S/C14H17NO3S2/c1-9-2-4-10(5-3-9)13-15(12(16)6-7-19)11(8-20-13)14(17)18/h2-5,11,13,19H,6-8H2,1H3,(H,17,18)/t11-,13-/m0/s1. The molecule has 1 heterocycles. The van der Waals surface area contributed by atoms with Crippen LogP contribution >= 0.6 is 24.4 Å². The van der Waals surface area contributed by atoms with E-state index >= 15 is 0 Å². The molecule has 1 saturated heterocycles. The van der Waals surface area contributed by atoms with Crippen molar-refractivity contribution in [3.8, 4) is 0 Å². The molecule has 0 bridgehead atoms. The van der Waals surface area contributed by atoms with Gasteiger partial charge in [-0.1, -0.05) is 29.8 Å². The maximum Gasteiger partial charge on any atom is 0.327 e. The highest BCUT2D eigenvalue weighted by Gasteiger charge is 2.41. The third kappa shape index (κ3) is 3.12. The van der Waals surface area contributed by atoms with Crippen LogP contribution in [0.1, 0.15) is 22.9 Å². The van der Waals surface area contributed by atoms with E-state index in [4.69, 9.17) is 0 Å². The monoisotopic (exact) mass is 311 g/mol. The molecule has 2 atom stereocenters. The number of nitrogens with zero attached hydrogens (tertiary/aromatic N) is 1. The molecule has 0 unspecified atom stereocenters. The van der Waals surface area contributed by atoms with Gasteiger partial charge in [0.25, 0.3) is 0 Å². The summed E-state index contributed by atoms with van der Waals surface area (Å²) in [4.78, 5) is 25.0. The smallest absolute Gasteiger partial charge is 0.327 e.